The lowest BCUT2D eigenvalue weighted by Gasteiger charge is -2.30. The first-order valence-corrected chi connectivity index (χ1v) is 11.7. The molecule has 1 aliphatic carbocycles. The van der Waals surface area contributed by atoms with Gasteiger partial charge in [0.25, 0.3) is 0 Å². The Balaban J connectivity index is 0.00000228. The van der Waals surface area contributed by atoms with Crippen LogP contribution in [0.5, 0.6) is 5.75 Å². The van der Waals surface area contributed by atoms with Gasteiger partial charge in [0.2, 0.25) is 0 Å². The molecule has 1 heterocycles. The summed E-state index contributed by atoms with van der Waals surface area (Å²) in [4.78, 5) is 6.91. The molecule has 0 saturated heterocycles. The highest BCUT2D eigenvalue weighted by molar-refractivity contribution is 5.93. The predicted octanol–water partition coefficient (Wildman–Crippen LogP) is 6.80. The molecule has 1 saturated carbocycles. The summed E-state index contributed by atoms with van der Waals surface area (Å²) >= 11 is 0. The molecule has 0 atom stereocenters. The Morgan fingerprint density at radius 2 is 1.64 bits per heavy atom. The molecule has 4 rings (SSSR count). The molecule has 1 fully saturated rings. The van der Waals surface area contributed by atoms with E-state index in [0.717, 1.165) is 54.6 Å². The number of hydrogen-bond acceptors (Lipinski definition) is 5. The van der Waals surface area contributed by atoms with Crippen molar-refractivity contribution in [1.29, 1.82) is 0 Å². The van der Waals surface area contributed by atoms with Crippen molar-refractivity contribution in [3.63, 3.8) is 0 Å². The fraction of sp³-hybridized carbons (Fsp3) is 0.423. The van der Waals surface area contributed by atoms with Gasteiger partial charge in [-0.25, -0.2) is 4.98 Å². The molecule has 2 aromatic carbocycles. The highest BCUT2D eigenvalue weighted by Gasteiger charge is 2.32. The number of nitrogens with zero attached hydrogens (tertiary/aromatic N) is 2. The minimum Gasteiger partial charge on any atom is -0.405 e. The minimum atomic E-state index is -4.69. The largest absolute Gasteiger partial charge is 0.573 e. The number of benzene rings is 2. The van der Waals surface area contributed by atoms with Crippen LogP contribution in [-0.2, 0) is 6.54 Å². The van der Waals surface area contributed by atoms with Crippen molar-refractivity contribution in [1.82, 2.24) is 10.3 Å². The monoisotopic (exact) mass is 544 g/mol. The normalized spacial score (nSPS) is 17.6. The zero-order valence-electron chi connectivity index (χ0n) is 20.3. The molecule has 5 nitrogen and oxygen atoms in total. The van der Waals surface area contributed by atoms with Gasteiger partial charge >= 0.3 is 6.36 Å². The van der Waals surface area contributed by atoms with E-state index in [2.05, 4.69) is 32.4 Å². The van der Waals surface area contributed by atoms with Gasteiger partial charge in [0.05, 0.1) is 5.52 Å². The summed E-state index contributed by atoms with van der Waals surface area (Å²) in [6.45, 7) is 1.12. The van der Waals surface area contributed by atoms with Gasteiger partial charge in [0, 0.05) is 49.4 Å². The summed E-state index contributed by atoms with van der Waals surface area (Å²) in [6.07, 6.45) is -0.508. The van der Waals surface area contributed by atoms with Crippen LogP contribution in [0.15, 0.2) is 54.6 Å². The lowest BCUT2D eigenvalue weighted by Crippen LogP contribution is -2.31. The van der Waals surface area contributed by atoms with Gasteiger partial charge in [-0.2, -0.15) is 0 Å². The molecule has 1 aromatic heterocycles. The number of hydrogen-bond donors (Lipinski definition) is 2. The number of fused-ring (bicyclic) bond motifs is 1. The number of para-hydroxylation sites is 2. The van der Waals surface area contributed by atoms with Crippen LogP contribution in [0.1, 0.15) is 31.2 Å². The average Bonchev–Trinajstić information content (AvgIpc) is 2.80. The van der Waals surface area contributed by atoms with Crippen LogP contribution in [0.3, 0.4) is 0 Å². The van der Waals surface area contributed by atoms with Crippen LogP contribution in [0, 0.1) is 5.92 Å². The van der Waals surface area contributed by atoms with E-state index in [4.69, 9.17) is 4.98 Å². The van der Waals surface area contributed by atoms with E-state index in [-0.39, 0.29) is 30.6 Å². The topological polar surface area (TPSA) is 49.4 Å². The molecule has 0 aliphatic heterocycles. The zero-order chi connectivity index (χ0) is 24.1. The van der Waals surface area contributed by atoms with Crippen LogP contribution in [0.4, 0.5) is 24.7 Å². The van der Waals surface area contributed by atoms with E-state index in [1.807, 2.05) is 32.3 Å². The fourth-order valence-corrected chi connectivity index (χ4v) is 4.61. The Bertz CT molecular complexity index is 1110. The van der Waals surface area contributed by atoms with Crippen molar-refractivity contribution in [2.75, 3.05) is 30.9 Å². The quantitative estimate of drug-likeness (QED) is 0.326. The van der Waals surface area contributed by atoms with E-state index >= 15 is 0 Å². The lowest BCUT2D eigenvalue weighted by molar-refractivity contribution is -0.274. The van der Waals surface area contributed by atoms with Crippen molar-refractivity contribution in [3.05, 3.63) is 60.2 Å². The summed E-state index contributed by atoms with van der Waals surface area (Å²) in [5.41, 5.74) is 2.62. The lowest BCUT2D eigenvalue weighted by atomic mass is 9.86. The van der Waals surface area contributed by atoms with Gasteiger partial charge in [-0.3, -0.25) is 0 Å². The van der Waals surface area contributed by atoms with Crippen LogP contribution in [-0.4, -0.2) is 38.0 Å². The highest BCUT2D eigenvalue weighted by Crippen LogP contribution is 2.31. The minimum absolute atomic E-state index is 0. The summed E-state index contributed by atoms with van der Waals surface area (Å²) in [5.74, 6) is 1.25. The second-order valence-corrected chi connectivity index (χ2v) is 9.09. The molecular weight excluding hydrogens is 512 g/mol. The molecule has 2 N–H and O–H groups in total. The molecule has 36 heavy (non-hydrogen) atoms. The fourth-order valence-electron chi connectivity index (χ4n) is 4.61. The maximum atomic E-state index is 12.6. The van der Waals surface area contributed by atoms with Crippen LogP contribution in [0.2, 0.25) is 0 Å². The standard InChI is InChI=1S/C26H31F3N4O.2ClH/c1-33(2)23-15-25(32-22-9-5-4-8-21(22)23)31-20-13-11-18(12-14-20)16-30-17-19-7-3-6-10-24(19)34-26(27,28)29;;/h3-10,15,18,20,30H,11-14,16-17H2,1-2H3,(H,31,32);2*1H. The van der Waals surface area contributed by atoms with Gasteiger partial charge in [0.15, 0.2) is 0 Å². The first-order chi connectivity index (χ1) is 16.3. The maximum absolute atomic E-state index is 12.6. The maximum Gasteiger partial charge on any atom is 0.573 e. The number of nitrogens with one attached hydrogen (secondary N) is 2. The van der Waals surface area contributed by atoms with Crippen molar-refractivity contribution in [3.8, 4) is 5.75 Å². The second-order valence-electron chi connectivity index (χ2n) is 9.09. The Morgan fingerprint density at radius 1 is 0.972 bits per heavy atom. The number of rotatable bonds is 8. The smallest absolute Gasteiger partial charge is 0.405 e. The van der Waals surface area contributed by atoms with E-state index in [9.17, 15) is 13.2 Å². The highest BCUT2D eigenvalue weighted by atomic mass is 35.5. The Morgan fingerprint density at radius 3 is 2.33 bits per heavy atom. The predicted molar refractivity (Wildman–Crippen MR) is 145 cm³/mol. The first-order valence-electron chi connectivity index (χ1n) is 11.7. The van der Waals surface area contributed by atoms with Gasteiger partial charge in [-0.15, -0.1) is 38.0 Å². The molecule has 1 aliphatic rings. The van der Waals surface area contributed by atoms with Crippen molar-refractivity contribution < 1.29 is 17.9 Å². The van der Waals surface area contributed by atoms with E-state index in [1.165, 1.54) is 6.07 Å². The number of pyridine rings is 1. The van der Waals surface area contributed by atoms with Crippen LogP contribution >= 0.6 is 24.8 Å². The Labute approximate surface area is 222 Å². The number of aromatic nitrogens is 1. The van der Waals surface area contributed by atoms with Crippen LogP contribution < -0.4 is 20.3 Å². The summed E-state index contributed by atoms with van der Waals surface area (Å²) in [7, 11) is 4.08. The molecule has 0 amide bonds. The summed E-state index contributed by atoms with van der Waals surface area (Å²) in [6, 6.07) is 16.9. The number of ether oxygens (including phenoxy) is 1. The van der Waals surface area contributed by atoms with E-state index in [0.29, 0.717) is 24.1 Å². The molecule has 0 unspecified atom stereocenters. The molecular formula is C26H33Cl2F3N4O. The van der Waals surface area contributed by atoms with E-state index in [1.54, 1.807) is 18.2 Å². The first kappa shape index (κ1) is 29.8. The number of halogens is 5. The second kappa shape index (κ2) is 13.2. The SMILES string of the molecule is CN(C)c1cc(NC2CCC(CNCc3ccccc3OC(F)(F)F)CC2)nc2ccccc12.Cl.Cl. The van der Waals surface area contributed by atoms with Gasteiger partial charge in [0.1, 0.15) is 11.6 Å². The molecule has 0 bridgehead atoms. The number of anilines is 2. The number of alkyl halides is 3. The third kappa shape index (κ3) is 8.05. The third-order valence-corrected chi connectivity index (χ3v) is 6.32. The van der Waals surface area contributed by atoms with Crippen molar-refractivity contribution >= 4 is 47.2 Å². The Kier molecular flexibility index (Phi) is 10.9. The van der Waals surface area contributed by atoms with Crippen LogP contribution in [0.25, 0.3) is 10.9 Å². The van der Waals surface area contributed by atoms with Gasteiger partial charge < -0.3 is 20.3 Å². The zero-order valence-corrected chi connectivity index (χ0v) is 22.0. The third-order valence-electron chi connectivity index (χ3n) is 6.32. The van der Waals surface area contributed by atoms with Crippen molar-refractivity contribution in [2.45, 2.75) is 44.6 Å². The van der Waals surface area contributed by atoms with Gasteiger partial charge in [-0.1, -0.05) is 36.4 Å². The summed E-state index contributed by atoms with van der Waals surface area (Å²) in [5, 5.41) is 8.07. The summed E-state index contributed by atoms with van der Waals surface area (Å²) < 4.78 is 42.0. The van der Waals surface area contributed by atoms with Crippen molar-refractivity contribution in [2.24, 2.45) is 5.92 Å². The molecule has 10 heteroatoms. The van der Waals surface area contributed by atoms with Gasteiger partial charge in [-0.05, 0) is 50.3 Å². The molecule has 198 valence electrons. The average molecular weight is 545 g/mol. The Hall–Kier alpha value is -2.42. The molecule has 0 spiro atoms. The molecule has 3 aromatic rings. The van der Waals surface area contributed by atoms with E-state index < -0.39 is 6.36 Å². The molecule has 0 radical (unpaired) electrons.